The Morgan fingerprint density at radius 1 is 1.05 bits per heavy atom. The third-order valence-corrected chi connectivity index (χ3v) is 9.92. The SMILES string of the molecule is Cc1ccc(C#N)cc1N=C1SC(=C2Sc3ccc(NCCN4CCOCC4)cc3N2C)C(=O)N1Cc1ccccc1. The molecule has 0 spiro atoms. The van der Waals surface area contributed by atoms with Gasteiger partial charge in [-0.2, -0.15) is 5.26 Å². The molecule has 1 N–H and O–H groups in total. The van der Waals surface area contributed by atoms with Gasteiger partial charge < -0.3 is 15.0 Å². The van der Waals surface area contributed by atoms with E-state index in [2.05, 4.69) is 39.4 Å². The maximum atomic E-state index is 14.0. The minimum Gasteiger partial charge on any atom is -0.384 e. The van der Waals surface area contributed by atoms with E-state index in [0.29, 0.717) is 27.9 Å². The van der Waals surface area contributed by atoms with Crippen molar-refractivity contribution in [3.63, 3.8) is 0 Å². The highest BCUT2D eigenvalue weighted by Gasteiger charge is 2.39. The summed E-state index contributed by atoms with van der Waals surface area (Å²) >= 11 is 3.01. The first kappa shape index (κ1) is 28.4. The van der Waals surface area contributed by atoms with Crippen molar-refractivity contribution in [2.45, 2.75) is 18.4 Å². The number of anilines is 2. The number of aryl methyl sites for hydroxylation is 1. The number of nitrogens with one attached hydrogen (secondary N) is 1. The summed E-state index contributed by atoms with van der Waals surface area (Å²) in [6.07, 6.45) is 0. The summed E-state index contributed by atoms with van der Waals surface area (Å²) in [6.45, 7) is 7.77. The highest BCUT2D eigenvalue weighted by atomic mass is 32.2. The Labute approximate surface area is 255 Å². The molecule has 2 saturated heterocycles. The number of hydrogen-bond donors (Lipinski definition) is 1. The molecule has 0 aliphatic carbocycles. The van der Waals surface area contributed by atoms with Crippen LogP contribution in [-0.2, 0) is 16.1 Å². The molecule has 2 fully saturated rings. The summed E-state index contributed by atoms with van der Waals surface area (Å²) in [5.41, 5.74) is 5.34. The van der Waals surface area contributed by atoms with Crippen molar-refractivity contribution < 1.29 is 9.53 Å². The van der Waals surface area contributed by atoms with Gasteiger partial charge in [0.25, 0.3) is 5.91 Å². The van der Waals surface area contributed by atoms with Crippen LogP contribution in [-0.4, -0.2) is 67.3 Å². The molecule has 0 aromatic heterocycles. The average molecular weight is 597 g/mol. The fourth-order valence-electron chi connectivity index (χ4n) is 5.07. The smallest absolute Gasteiger partial charge is 0.269 e. The first-order valence-corrected chi connectivity index (χ1v) is 15.6. The van der Waals surface area contributed by atoms with E-state index in [9.17, 15) is 10.1 Å². The molecular weight excluding hydrogens is 565 g/mol. The van der Waals surface area contributed by atoms with Crippen LogP contribution in [0, 0.1) is 18.3 Å². The Kier molecular flexibility index (Phi) is 8.53. The van der Waals surface area contributed by atoms with Crippen molar-refractivity contribution in [3.05, 3.63) is 93.4 Å². The molecule has 3 aromatic carbocycles. The van der Waals surface area contributed by atoms with Crippen molar-refractivity contribution in [2.75, 3.05) is 56.7 Å². The van der Waals surface area contributed by atoms with Crippen molar-refractivity contribution in [1.82, 2.24) is 9.80 Å². The van der Waals surface area contributed by atoms with Crippen LogP contribution in [0.15, 0.2) is 86.6 Å². The lowest BCUT2D eigenvalue weighted by Crippen LogP contribution is -2.39. The first-order valence-electron chi connectivity index (χ1n) is 14.0. The maximum Gasteiger partial charge on any atom is 0.269 e. The van der Waals surface area contributed by atoms with Gasteiger partial charge in [0.2, 0.25) is 0 Å². The molecule has 6 rings (SSSR count). The second-order valence-corrected chi connectivity index (χ2v) is 12.4. The standard InChI is InChI=1S/C32H32N6O2S2/c1-22-8-9-24(20-33)18-26(22)35-32-38(21-23-6-4-3-5-7-23)30(39)29(42-32)31-36(2)27-19-25(10-11-28(27)41-31)34-12-13-37-14-16-40-17-15-37/h3-11,18-19,34H,12-17,21H2,1-2H3. The van der Waals surface area contributed by atoms with Gasteiger partial charge in [-0.05, 0) is 60.1 Å². The summed E-state index contributed by atoms with van der Waals surface area (Å²) in [4.78, 5) is 27.0. The van der Waals surface area contributed by atoms with Crippen LogP contribution in [0.1, 0.15) is 16.7 Å². The second-order valence-electron chi connectivity index (χ2n) is 10.3. The third kappa shape index (κ3) is 6.05. The monoisotopic (exact) mass is 596 g/mol. The molecule has 0 atom stereocenters. The van der Waals surface area contributed by atoms with Crippen molar-refractivity contribution in [1.29, 1.82) is 5.26 Å². The maximum absolute atomic E-state index is 14.0. The molecule has 8 nitrogen and oxygen atoms in total. The largest absolute Gasteiger partial charge is 0.384 e. The summed E-state index contributed by atoms with van der Waals surface area (Å²) in [6, 6.07) is 24.0. The van der Waals surface area contributed by atoms with Crippen molar-refractivity contribution >= 4 is 51.7 Å². The molecule has 3 aromatic rings. The van der Waals surface area contributed by atoms with Gasteiger partial charge >= 0.3 is 0 Å². The molecule has 3 aliphatic heterocycles. The van der Waals surface area contributed by atoms with E-state index in [1.807, 2.05) is 50.4 Å². The van der Waals surface area contributed by atoms with Gasteiger partial charge in [0.1, 0.15) is 4.91 Å². The minimum absolute atomic E-state index is 0.0669. The number of amidine groups is 1. The van der Waals surface area contributed by atoms with Gasteiger partial charge in [-0.3, -0.25) is 14.6 Å². The van der Waals surface area contributed by atoms with Gasteiger partial charge in [-0.25, -0.2) is 4.99 Å². The number of fused-ring (bicyclic) bond motifs is 1. The van der Waals surface area contributed by atoms with E-state index >= 15 is 0 Å². The number of hydrogen-bond acceptors (Lipinski definition) is 9. The molecule has 1 amide bonds. The lowest BCUT2D eigenvalue weighted by atomic mass is 10.1. The quantitative estimate of drug-likeness (QED) is 0.344. The van der Waals surface area contributed by atoms with Crippen molar-refractivity contribution in [2.24, 2.45) is 4.99 Å². The number of amides is 1. The highest BCUT2D eigenvalue weighted by Crippen LogP contribution is 2.51. The van der Waals surface area contributed by atoms with E-state index in [0.717, 1.165) is 71.8 Å². The van der Waals surface area contributed by atoms with Crippen LogP contribution in [0.5, 0.6) is 0 Å². The van der Waals surface area contributed by atoms with E-state index in [1.165, 1.54) is 11.8 Å². The number of nitriles is 1. The number of carbonyl (C=O) groups excluding carboxylic acids is 1. The molecular formula is C32H32N6O2S2. The third-order valence-electron chi connectivity index (χ3n) is 7.49. The molecule has 42 heavy (non-hydrogen) atoms. The lowest BCUT2D eigenvalue weighted by Gasteiger charge is -2.26. The molecule has 0 radical (unpaired) electrons. The van der Waals surface area contributed by atoms with E-state index in [4.69, 9.17) is 9.73 Å². The molecule has 214 valence electrons. The van der Waals surface area contributed by atoms with Gasteiger partial charge in [0.15, 0.2) is 5.17 Å². The zero-order valence-corrected chi connectivity index (χ0v) is 25.3. The Balaban J connectivity index is 1.27. The van der Waals surface area contributed by atoms with Gasteiger partial charge in [-0.15, -0.1) is 0 Å². The van der Waals surface area contributed by atoms with E-state index < -0.39 is 0 Å². The fraction of sp³-hybridized carbons (Fsp3) is 0.281. The fourth-order valence-corrected chi connectivity index (χ4v) is 7.38. The van der Waals surface area contributed by atoms with Crippen LogP contribution in [0.25, 0.3) is 0 Å². The number of thioether (sulfide) groups is 2. The number of nitrogens with zero attached hydrogens (tertiary/aromatic N) is 5. The molecule has 0 unspecified atom stereocenters. The van der Waals surface area contributed by atoms with E-state index in [1.54, 1.807) is 28.8 Å². The van der Waals surface area contributed by atoms with Crippen LogP contribution >= 0.6 is 23.5 Å². The molecule has 0 saturated carbocycles. The average Bonchev–Trinajstić information content (AvgIpc) is 3.50. The second kappa shape index (κ2) is 12.6. The van der Waals surface area contributed by atoms with Crippen LogP contribution < -0.4 is 10.2 Å². The van der Waals surface area contributed by atoms with Gasteiger partial charge in [0, 0.05) is 43.8 Å². The Bertz CT molecular complexity index is 1590. The summed E-state index contributed by atoms with van der Waals surface area (Å²) in [5.74, 6) is -0.0669. The zero-order valence-electron chi connectivity index (χ0n) is 23.7. The summed E-state index contributed by atoms with van der Waals surface area (Å²) in [7, 11) is 2.02. The van der Waals surface area contributed by atoms with E-state index in [-0.39, 0.29) is 5.91 Å². The molecule has 3 aliphatic rings. The Morgan fingerprint density at radius 2 is 1.86 bits per heavy atom. The van der Waals surface area contributed by atoms with Crippen LogP contribution in [0.2, 0.25) is 0 Å². The summed E-state index contributed by atoms with van der Waals surface area (Å²) in [5, 5.41) is 14.5. The first-order chi connectivity index (χ1) is 20.5. The summed E-state index contributed by atoms with van der Waals surface area (Å²) < 4.78 is 5.45. The number of rotatable bonds is 7. The predicted molar refractivity (Wildman–Crippen MR) is 171 cm³/mol. The Morgan fingerprint density at radius 3 is 2.64 bits per heavy atom. The number of carbonyl (C=O) groups is 1. The number of ether oxygens (including phenoxy) is 1. The number of benzene rings is 3. The van der Waals surface area contributed by atoms with Crippen LogP contribution in [0.3, 0.4) is 0 Å². The normalized spacial score (nSPS) is 19.8. The van der Waals surface area contributed by atoms with Crippen LogP contribution in [0.4, 0.5) is 17.1 Å². The Hall–Kier alpha value is -3.75. The van der Waals surface area contributed by atoms with Crippen molar-refractivity contribution in [3.8, 4) is 6.07 Å². The number of morpholine rings is 1. The predicted octanol–water partition coefficient (Wildman–Crippen LogP) is 5.79. The lowest BCUT2D eigenvalue weighted by molar-refractivity contribution is -0.122. The number of aliphatic imine (C=N–C) groups is 1. The topological polar surface area (TPSA) is 84.2 Å². The van der Waals surface area contributed by atoms with Gasteiger partial charge in [0.05, 0.1) is 47.8 Å². The molecule has 10 heteroatoms. The highest BCUT2D eigenvalue weighted by molar-refractivity contribution is 8.19. The zero-order chi connectivity index (χ0) is 29.1. The molecule has 3 heterocycles. The minimum atomic E-state index is -0.0669. The molecule has 0 bridgehead atoms. The van der Waals surface area contributed by atoms with Gasteiger partial charge in [-0.1, -0.05) is 48.2 Å².